The molecule has 3 heterocycles. The Morgan fingerprint density at radius 1 is 1.30 bits per heavy atom. The van der Waals surface area contributed by atoms with E-state index in [1.807, 2.05) is 6.92 Å². The minimum absolute atomic E-state index is 0.110. The van der Waals surface area contributed by atoms with Crippen molar-refractivity contribution in [2.75, 3.05) is 18.9 Å². The van der Waals surface area contributed by atoms with Crippen molar-refractivity contribution in [3.8, 4) is 11.4 Å². The van der Waals surface area contributed by atoms with Crippen molar-refractivity contribution < 1.29 is 13.6 Å². The van der Waals surface area contributed by atoms with E-state index in [0.29, 0.717) is 23.1 Å². The lowest BCUT2D eigenvalue weighted by Gasteiger charge is -2.30. The highest BCUT2D eigenvalue weighted by molar-refractivity contribution is 5.92. The number of rotatable bonds is 5. The Bertz CT molecular complexity index is 1000. The van der Waals surface area contributed by atoms with Gasteiger partial charge in [-0.2, -0.15) is 0 Å². The fourth-order valence-corrected chi connectivity index (χ4v) is 2.72. The lowest BCUT2D eigenvalue weighted by Crippen LogP contribution is -2.48. The Morgan fingerprint density at radius 2 is 2.04 bits per heavy atom. The van der Waals surface area contributed by atoms with Gasteiger partial charge in [0.15, 0.2) is 17.5 Å². The van der Waals surface area contributed by atoms with Crippen molar-refractivity contribution in [3.63, 3.8) is 0 Å². The summed E-state index contributed by atoms with van der Waals surface area (Å²) >= 11 is 0. The monoisotopic (exact) mass is 374 g/mol. The number of pyridine rings is 1. The largest absolute Gasteiger partial charge is 0.354 e. The Morgan fingerprint density at radius 3 is 2.74 bits per heavy atom. The number of amides is 1. The van der Waals surface area contributed by atoms with Gasteiger partial charge >= 0.3 is 0 Å². The zero-order valence-corrected chi connectivity index (χ0v) is 15.5. The van der Waals surface area contributed by atoms with Gasteiger partial charge in [-0.1, -0.05) is 0 Å². The first-order chi connectivity index (χ1) is 12.7. The molecule has 0 aromatic carbocycles. The first kappa shape index (κ1) is 18.7. The van der Waals surface area contributed by atoms with Crippen molar-refractivity contribution >= 4 is 22.8 Å². The molecule has 0 saturated carbocycles. The third-order valence-corrected chi connectivity index (χ3v) is 4.27. The number of fused-ring (bicyclic) bond motifs is 1. The van der Waals surface area contributed by atoms with E-state index < -0.39 is 17.2 Å². The van der Waals surface area contributed by atoms with Crippen molar-refractivity contribution in [2.45, 2.75) is 26.3 Å². The summed E-state index contributed by atoms with van der Waals surface area (Å²) in [4.78, 5) is 29.1. The summed E-state index contributed by atoms with van der Waals surface area (Å²) in [6.07, 6.45) is 3.69. The number of carbonyl (C=O) groups excluding carboxylic acids is 1. The summed E-state index contributed by atoms with van der Waals surface area (Å²) in [6, 6.07) is 1.30. The lowest BCUT2D eigenvalue weighted by molar-refractivity contribution is -0.133. The third kappa shape index (κ3) is 3.57. The molecule has 0 fully saturated rings. The molecule has 0 aliphatic rings. The standard InChI is InChI=1S/C18H20F2N6O/c1-5-26(4)17(27)18(2,3)25-16-13(20)9-23-15(24-16)12-8-22-14-11(12)6-10(19)7-21-14/h6-9H,5H2,1-4H3,(H,21,22)(H,23,24,25). The Balaban J connectivity index is 1.99. The highest BCUT2D eigenvalue weighted by atomic mass is 19.1. The van der Waals surface area contributed by atoms with Crippen LogP contribution in [0.4, 0.5) is 14.6 Å². The van der Waals surface area contributed by atoms with Crippen LogP contribution in [0.2, 0.25) is 0 Å². The molecule has 0 atom stereocenters. The van der Waals surface area contributed by atoms with Gasteiger partial charge < -0.3 is 15.2 Å². The number of anilines is 1. The Kier molecular flexibility index (Phi) is 4.77. The maximum atomic E-state index is 14.3. The molecule has 1 amide bonds. The van der Waals surface area contributed by atoms with E-state index in [1.54, 1.807) is 27.1 Å². The van der Waals surface area contributed by atoms with E-state index in [9.17, 15) is 13.6 Å². The van der Waals surface area contributed by atoms with Crippen LogP contribution >= 0.6 is 0 Å². The molecule has 3 aromatic heterocycles. The molecule has 7 nitrogen and oxygen atoms in total. The summed E-state index contributed by atoms with van der Waals surface area (Å²) in [5, 5.41) is 3.33. The van der Waals surface area contributed by atoms with Gasteiger partial charge in [-0.3, -0.25) is 4.79 Å². The van der Waals surface area contributed by atoms with Gasteiger partial charge in [-0.05, 0) is 26.8 Å². The van der Waals surface area contributed by atoms with E-state index in [2.05, 4.69) is 25.3 Å². The molecule has 3 aromatic rings. The molecule has 0 aliphatic heterocycles. The number of likely N-dealkylation sites (N-methyl/N-ethyl adjacent to an activating group) is 1. The van der Waals surface area contributed by atoms with Gasteiger partial charge in [0.1, 0.15) is 17.0 Å². The van der Waals surface area contributed by atoms with Crippen LogP contribution in [0.5, 0.6) is 0 Å². The molecule has 3 rings (SSSR count). The van der Waals surface area contributed by atoms with Crippen molar-refractivity contribution in [1.29, 1.82) is 0 Å². The molecular formula is C18H20F2N6O. The summed E-state index contributed by atoms with van der Waals surface area (Å²) in [5.41, 5.74) is -0.130. The third-order valence-electron chi connectivity index (χ3n) is 4.27. The fourth-order valence-electron chi connectivity index (χ4n) is 2.72. The van der Waals surface area contributed by atoms with E-state index in [1.165, 1.54) is 11.0 Å². The number of hydrogen-bond donors (Lipinski definition) is 2. The molecule has 0 saturated heterocycles. The zero-order valence-electron chi connectivity index (χ0n) is 15.5. The summed E-state index contributed by atoms with van der Waals surface area (Å²) < 4.78 is 27.8. The van der Waals surface area contributed by atoms with Gasteiger partial charge in [-0.15, -0.1) is 0 Å². The first-order valence-electron chi connectivity index (χ1n) is 8.42. The molecule has 0 spiro atoms. The zero-order chi connectivity index (χ0) is 19.8. The molecular weight excluding hydrogens is 354 g/mol. The minimum Gasteiger partial charge on any atom is -0.354 e. The molecule has 0 radical (unpaired) electrons. The Hall–Kier alpha value is -3.10. The predicted molar refractivity (Wildman–Crippen MR) is 98.0 cm³/mol. The number of H-pyrrole nitrogens is 1. The van der Waals surface area contributed by atoms with Gasteiger partial charge in [-0.25, -0.2) is 23.7 Å². The van der Waals surface area contributed by atoms with E-state index >= 15 is 0 Å². The molecule has 2 N–H and O–H groups in total. The van der Waals surface area contributed by atoms with Gasteiger partial charge in [0, 0.05) is 30.7 Å². The predicted octanol–water partition coefficient (Wildman–Crippen LogP) is 2.97. The topological polar surface area (TPSA) is 86.8 Å². The van der Waals surface area contributed by atoms with Crippen LogP contribution in [-0.4, -0.2) is 49.9 Å². The second kappa shape index (κ2) is 6.90. The average molecular weight is 374 g/mol. The second-order valence-electron chi connectivity index (χ2n) is 6.71. The highest BCUT2D eigenvalue weighted by Gasteiger charge is 2.31. The van der Waals surface area contributed by atoms with Crippen LogP contribution in [-0.2, 0) is 4.79 Å². The maximum Gasteiger partial charge on any atom is 0.247 e. The van der Waals surface area contributed by atoms with E-state index in [4.69, 9.17) is 0 Å². The average Bonchev–Trinajstić information content (AvgIpc) is 3.05. The summed E-state index contributed by atoms with van der Waals surface area (Å²) in [7, 11) is 1.67. The number of carbonyl (C=O) groups is 1. The quantitative estimate of drug-likeness (QED) is 0.717. The minimum atomic E-state index is -1.08. The van der Waals surface area contributed by atoms with E-state index in [0.717, 1.165) is 12.4 Å². The molecule has 142 valence electrons. The maximum absolute atomic E-state index is 14.3. The number of nitrogens with zero attached hydrogens (tertiary/aromatic N) is 4. The van der Waals surface area contributed by atoms with Crippen molar-refractivity contribution in [1.82, 2.24) is 24.8 Å². The van der Waals surface area contributed by atoms with Crippen molar-refractivity contribution in [3.05, 3.63) is 36.3 Å². The number of halogens is 2. The summed E-state index contributed by atoms with van der Waals surface area (Å²) in [5.74, 6) is -1.32. The van der Waals surface area contributed by atoms with Crippen LogP contribution in [0.3, 0.4) is 0 Å². The molecule has 9 heteroatoms. The first-order valence-corrected chi connectivity index (χ1v) is 8.42. The molecule has 27 heavy (non-hydrogen) atoms. The smallest absolute Gasteiger partial charge is 0.247 e. The summed E-state index contributed by atoms with van der Waals surface area (Å²) in [6.45, 7) is 5.66. The molecule has 0 bridgehead atoms. The number of hydrogen-bond acceptors (Lipinski definition) is 5. The number of nitrogens with one attached hydrogen (secondary N) is 2. The second-order valence-corrected chi connectivity index (χ2v) is 6.71. The molecule has 0 aliphatic carbocycles. The molecule has 0 unspecified atom stereocenters. The fraction of sp³-hybridized carbons (Fsp3) is 0.333. The van der Waals surface area contributed by atoms with Crippen LogP contribution in [0.25, 0.3) is 22.4 Å². The highest BCUT2D eigenvalue weighted by Crippen LogP contribution is 2.27. The van der Waals surface area contributed by atoms with Crippen LogP contribution < -0.4 is 5.32 Å². The Labute approximate surface area is 154 Å². The van der Waals surface area contributed by atoms with E-state index in [-0.39, 0.29) is 17.5 Å². The van der Waals surface area contributed by atoms with Crippen LogP contribution in [0.1, 0.15) is 20.8 Å². The van der Waals surface area contributed by atoms with Crippen LogP contribution in [0, 0.1) is 11.6 Å². The number of aromatic amines is 1. The van der Waals surface area contributed by atoms with Gasteiger partial charge in [0.2, 0.25) is 5.91 Å². The van der Waals surface area contributed by atoms with Gasteiger partial charge in [0.25, 0.3) is 0 Å². The van der Waals surface area contributed by atoms with Crippen LogP contribution in [0.15, 0.2) is 24.7 Å². The van der Waals surface area contributed by atoms with Crippen molar-refractivity contribution in [2.24, 2.45) is 0 Å². The van der Waals surface area contributed by atoms with Gasteiger partial charge in [0.05, 0.1) is 12.4 Å². The number of aromatic nitrogens is 4. The SMILES string of the molecule is CCN(C)C(=O)C(C)(C)Nc1nc(-c2c[nH]c3ncc(F)cc23)ncc1F. The lowest BCUT2D eigenvalue weighted by atomic mass is 10.0. The normalized spacial score (nSPS) is 11.6.